The van der Waals surface area contributed by atoms with Crippen molar-refractivity contribution in [2.24, 2.45) is 0 Å². The molecule has 0 saturated carbocycles. The van der Waals surface area contributed by atoms with Crippen LogP contribution in [0.3, 0.4) is 0 Å². The summed E-state index contributed by atoms with van der Waals surface area (Å²) in [5.41, 5.74) is 4.03. The van der Waals surface area contributed by atoms with E-state index in [9.17, 15) is 13.7 Å². The van der Waals surface area contributed by atoms with Gasteiger partial charge in [0.1, 0.15) is 11.0 Å². The number of aromatic nitrogens is 1. The third-order valence-electron chi connectivity index (χ3n) is 5.03. The van der Waals surface area contributed by atoms with E-state index in [-0.39, 0.29) is 9.80 Å². The summed E-state index contributed by atoms with van der Waals surface area (Å²) in [6.45, 7) is 2.70. The van der Waals surface area contributed by atoms with Crippen LogP contribution in [-0.4, -0.2) is 13.0 Å². The van der Waals surface area contributed by atoms with Crippen LogP contribution in [-0.2, 0) is 16.4 Å². The quantitative estimate of drug-likeness (QED) is 0.416. The lowest BCUT2D eigenvalue weighted by Gasteiger charge is -2.06. The van der Waals surface area contributed by atoms with Crippen molar-refractivity contribution >= 4 is 26.8 Å². The number of para-hydroxylation sites is 1. The van der Waals surface area contributed by atoms with Gasteiger partial charge in [0.15, 0.2) is 0 Å². The molecular weight excluding hydrogens is 392 g/mol. The fourth-order valence-electron chi connectivity index (χ4n) is 3.45. The molecule has 0 radical (unpaired) electrons. The fourth-order valence-corrected chi connectivity index (χ4v) is 4.62. The SMILES string of the molecule is Cc1ccc(Cn2cc(C=C(C#N)S(=O)(=O)c3ccccc3)c3ccccc32)cc1. The molecule has 1 heterocycles. The van der Waals surface area contributed by atoms with Crippen LogP contribution in [0.2, 0.25) is 0 Å². The van der Waals surface area contributed by atoms with Crippen molar-refractivity contribution in [3.63, 3.8) is 0 Å². The molecule has 0 aliphatic heterocycles. The number of nitrogens with zero attached hydrogens (tertiary/aromatic N) is 2. The Balaban J connectivity index is 1.81. The highest BCUT2D eigenvalue weighted by Gasteiger charge is 2.21. The zero-order valence-electron chi connectivity index (χ0n) is 16.5. The largest absolute Gasteiger partial charge is 0.342 e. The van der Waals surface area contributed by atoms with Gasteiger partial charge in [-0.25, -0.2) is 8.42 Å². The van der Waals surface area contributed by atoms with E-state index in [1.165, 1.54) is 23.8 Å². The standard InChI is InChI=1S/C25H20N2O2S/c1-19-11-13-20(14-12-19)17-27-18-21(24-9-5-6-10-25(24)27)15-23(16-26)30(28,29)22-7-3-2-4-8-22/h2-15,18H,17H2,1H3. The van der Waals surface area contributed by atoms with E-state index >= 15 is 0 Å². The molecule has 30 heavy (non-hydrogen) atoms. The zero-order chi connectivity index (χ0) is 21.1. The van der Waals surface area contributed by atoms with Crippen molar-refractivity contribution in [3.8, 4) is 6.07 Å². The Kier molecular flexibility index (Phi) is 5.26. The first kappa shape index (κ1) is 19.7. The van der Waals surface area contributed by atoms with Gasteiger partial charge >= 0.3 is 0 Å². The van der Waals surface area contributed by atoms with Gasteiger partial charge in [0.25, 0.3) is 0 Å². The summed E-state index contributed by atoms with van der Waals surface area (Å²) in [4.78, 5) is -0.159. The van der Waals surface area contributed by atoms with Crippen LogP contribution >= 0.6 is 0 Å². The Morgan fingerprint density at radius 3 is 2.33 bits per heavy atom. The molecule has 0 aliphatic rings. The monoisotopic (exact) mass is 412 g/mol. The van der Waals surface area contributed by atoms with Gasteiger partial charge in [0, 0.05) is 29.2 Å². The van der Waals surface area contributed by atoms with Crippen LogP contribution in [0.5, 0.6) is 0 Å². The van der Waals surface area contributed by atoms with E-state index in [4.69, 9.17) is 0 Å². The number of fused-ring (bicyclic) bond motifs is 1. The molecule has 0 atom stereocenters. The molecule has 4 nitrogen and oxygen atoms in total. The Hall–Kier alpha value is -3.62. The molecule has 4 rings (SSSR count). The number of sulfone groups is 1. The molecule has 0 amide bonds. The Bertz CT molecular complexity index is 1370. The summed E-state index contributed by atoms with van der Waals surface area (Å²) in [5, 5.41) is 10.5. The molecular formula is C25H20N2O2S. The maximum Gasteiger partial charge on any atom is 0.216 e. The third-order valence-corrected chi connectivity index (χ3v) is 6.71. The Morgan fingerprint density at radius 2 is 1.63 bits per heavy atom. The normalized spacial score (nSPS) is 12.1. The van der Waals surface area contributed by atoms with Crippen LogP contribution in [0, 0.1) is 18.3 Å². The molecule has 3 aromatic carbocycles. The van der Waals surface area contributed by atoms with Crippen LogP contribution in [0.15, 0.2) is 94.9 Å². The van der Waals surface area contributed by atoms with Crippen LogP contribution in [0.1, 0.15) is 16.7 Å². The molecule has 0 unspecified atom stereocenters. The number of allylic oxidation sites excluding steroid dienone is 1. The van der Waals surface area contributed by atoms with Crippen LogP contribution < -0.4 is 0 Å². The minimum absolute atomic E-state index is 0.112. The number of benzene rings is 3. The van der Waals surface area contributed by atoms with E-state index in [2.05, 4.69) is 28.8 Å². The Morgan fingerprint density at radius 1 is 0.967 bits per heavy atom. The molecule has 0 N–H and O–H groups in total. The minimum atomic E-state index is -3.88. The molecule has 0 aliphatic carbocycles. The number of hydrogen-bond donors (Lipinski definition) is 0. The number of hydrogen-bond acceptors (Lipinski definition) is 3. The highest BCUT2D eigenvalue weighted by Crippen LogP contribution is 2.27. The van der Waals surface area contributed by atoms with Gasteiger partial charge in [-0.05, 0) is 36.8 Å². The zero-order valence-corrected chi connectivity index (χ0v) is 17.3. The molecule has 0 saturated heterocycles. The summed E-state index contributed by atoms with van der Waals surface area (Å²) in [6.07, 6.45) is 3.37. The van der Waals surface area contributed by atoms with E-state index in [1.54, 1.807) is 18.2 Å². The van der Waals surface area contributed by atoms with Crippen molar-refractivity contribution in [2.75, 3.05) is 0 Å². The van der Waals surface area contributed by atoms with Crippen molar-refractivity contribution in [1.82, 2.24) is 4.57 Å². The first-order valence-electron chi connectivity index (χ1n) is 9.54. The molecule has 4 aromatic rings. The molecule has 148 valence electrons. The van der Waals surface area contributed by atoms with E-state index in [1.807, 2.05) is 43.5 Å². The van der Waals surface area contributed by atoms with Gasteiger partial charge in [0.05, 0.1) is 4.90 Å². The lowest BCUT2D eigenvalue weighted by molar-refractivity contribution is 0.603. The van der Waals surface area contributed by atoms with E-state index in [0.717, 1.165) is 16.5 Å². The second-order valence-electron chi connectivity index (χ2n) is 7.15. The number of aryl methyl sites for hydroxylation is 1. The summed E-state index contributed by atoms with van der Waals surface area (Å²) in [6, 6.07) is 26.0. The van der Waals surface area contributed by atoms with E-state index in [0.29, 0.717) is 12.1 Å². The molecule has 0 bridgehead atoms. The maximum atomic E-state index is 12.9. The van der Waals surface area contributed by atoms with E-state index < -0.39 is 9.84 Å². The number of nitriles is 1. The number of rotatable bonds is 5. The summed E-state index contributed by atoms with van der Waals surface area (Å²) in [5.74, 6) is 0. The molecule has 0 spiro atoms. The Labute approximate surface area is 176 Å². The topological polar surface area (TPSA) is 62.9 Å². The smallest absolute Gasteiger partial charge is 0.216 e. The van der Waals surface area contributed by atoms with Gasteiger partial charge in [-0.3, -0.25) is 0 Å². The van der Waals surface area contributed by atoms with Gasteiger partial charge < -0.3 is 4.57 Å². The highest BCUT2D eigenvalue weighted by atomic mass is 32.2. The third kappa shape index (κ3) is 3.78. The maximum absolute atomic E-state index is 12.9. The molecule has 5 heteroatoms. The van der Waals surface area contributed by atoms with Crippen molar-refractivity contribution in [3.05, 3.63) is 107 Å². The van der Waals surface area contributed by atoms with Crippen molar-refractivity contribution in [2.45, 2.75) is 18.4 Å². The van der Waals surface area contributed by atoms with Crippen LogP contribution in [0.25, 0.3) is 17.0 Å². The first-order chi connectivity index (χ1) is 14.5. The fraction of sp³-hybridized carbons (Fsp3) is 0.0800. The van der Waals surface area contributed by atoms with Gasteiger partial charge in [-0.2, -0.15) is 5.26 Å². The lowest BCUT2D eigenvalue weighted by atomic mass is 10.1. The lowest BCUT2D eigenvalue weighted by Crippen LogP contribution is -2.03. The van der Waals surface area contributed by atoms with Crippen LogP contribution in [0.4, 0.5) is 0 Å². The van der Waals surface area contributed by atoms with Gasteiger partial charge in [-0.15, -0.1) is 0 Å². The van der Waals surface area contributed by atoms with Gasteiger partial charge in [0.2, 0.25) is 9.84 Å². The second kappa shape index (κ2) is 8.02. The molecule has 0 fully saturated rings. The minimum Gasteiger partial charge on any atom is -0.342 e. The van der Waals surface area contributed by atoms with Gasteiger partial charge in [-0.1, -0.05) is 66.2 Å². The average molecular weight is 413 g/mol. The molecule has 1 aromatic heterocycles. The van der Waals surface area contributed by atoms with Crippen molar-refractivity contribution in [1.29, 1.82) is 5.26 Å². The summed E-state index contributed by atoms with van der Waals surface area (Å²) >= 11 is 0. The predicted octanol–water partition coefficient (Wildman–Crippen LogP) is 5.34. The summed E-state index contributed by atoms with van der Waals surface area (Å²) in [7, 11) is -3.88. The highest BCUT2D eigenvalue weighted by molar-refractivity contribution is 7.95. The predicted molar refractivity (Wildman–Crippen MR) is 119 cm³/mol. The average Bonchev–Trinajstić information content (AvgIpc) is 3.11. The summed E-state index contributed by atoms with van der Waals surface area (Å²) < 4.78 is 28.0. The van der Waals surface area contributed by atoms with Crippen molar-refractivity contribution < 1.29 is 8.42 Å². The first-order valence-corrected chi connectivity index (χ1v) is 11.0. The second-order valence-corrected chi connectivity index (χ2v) is 9.07.